The van der Waals surface area contributed by atoms with Crippen LogP contribution < -0.4 is 4.90 Å². The Kier molecular flexibility index (Phi) is 6.09. The average molecular weight is 304 g/mol. The lowest BCUT2D eigenvalue weighted by atomic mass is 10.2. The van der Waals surface area contributed by atoms with E-state index in [1.165, 1.54) is 17.4 Å². The van der Waals surface area contributed by atoms with Crippen molar-refractivity contribution in [2.75, 3.05) is 24.0 Å². The first-order valence-corrected chi connectivity index (χ1v) is 8.31. The van der Waals surface area contributed by atoms with Crippen molar-refractivity contribution in [2.24, 2.45) is 0 Å². The van der Waals surface area contributed by atoms with E-state index in [1.54, 1.807) is 18.7 Å². The molecule has 0 saturated heterocycles. The van der Waals surface area contributed by atoms with Crippen LogP contribution in [0.3, 0.4) is 0 Å². The Hall–Kier alpha value is -0.790. The number of hydrogen-bond acceptors (Lipinski definition) is 6. The molecule has 2 unspecified atom stereocenters. The van der Waals surface area contributed by atoms with Crippen LogP contribution in [-0.2, 0) is 0 Å². The van der Waals surface area contributed by atoms with Gasteiger partial charge >= 0.3 is 5.69 Å². The largest absolute Gasteiger partial charge is 0.388 e. The zero-order valence-corrected chi connectivity index (χ0v) is 13.3. The van der Waals surface area contributed by atoms with Gasteiger partial charge in [-0.2, -0.15) is 11.8 Å². The molecule has 1 N–H and O–H groups in total. The summed E-state index contributed by atoms with van der Waals surface area (Å²) < 4.78 is 0. The molecule has 5 nitrogen and oxygen atoms in total. The molecule has 0 aliphatic heterocycles. The topological polar surface area (TPSA) is 66.6 Å². The van der Waals surface area contributed by atoms with E-state index in [4.69, 9.17) is 0 Å². The maximum atomic E-state index is 11.1. The molecular formula is C12H20N2O3S2. The van der Waals surface area contributed by atoms with Crippen LogP contribution in [0.25, 0.3) is 0 Å². The number of nitrogens with zero attached hydrogens (tertiary/aromatic N) is 2. The predicted molar refractivity (Wildman–Crippen MR) is 82.5 cm³/mol. The van der Waals surface area contributed by atoms with Crippen molar-refractivity contribution in [1.82, 2.24) is 0 Å². The number of aliphatic hydroxyl groups is 1. The first-order valence-electron chi connectivity index (χ1n) is 6.10. The summed E-state index contributed by atoms with van der Waals surface area (Å²) >= 11 is 3.03. The molecule has 0 spiro atoms. The minimum absolute atomic E-state index is 0.0861. The van der Waals surface area contributed by atoms with E-state index in [0.717, 1.165) is 12.2 Å². The highest BCUT2D eigenvalue weighted by molar-refractivity contribution is 7.98. The number of rotatable bonds is 7. The number of anilines is 1. The Bertz CT molecular complexity index is 435. The van der Waals surface area contributed by atoms with Crippen molar-refractivity contribution in [3.63, 3.8) is 0 Å². The molecular weight excluding hydrogens is 284 g/mol. The highest BCUT2D eigenvalue weighted by atomic mass is 32.2. The second-order valence-corrected chi connectivity index (χ2v) is 6.37. The van der Waals surface area contributed by atoms with Gasteiger partial charge in [-0.15, -0.1) is 11.3 Å². The Morgan fingerprint density at radius 2 is 2.26 bits per heavy atom. The van der Waals surface area contributed by atoms with Gasteiger partial charge in [0, 0.05) is 29.8 Å². The number of nitro groups is 1. The third-order valence-electron chi connectivity index (χ3n) is 3.02. The quantitative estimate of drug-likeness (QED) is 0.618. The van der Waals surface area contributed by atoms with Gasteiger partial charge in [0.05, 0.1) is 11.0 Å². The molecule has 1 rings (SSSR count). The number of hydrogen-bond donors (Lipinski definition) is 1. The van der Waals surface area contributed by atoms with Gasteiger partial charge < -0.3 is 10.0 Å². The summed E-state index contributed by atoms with van der Waals surface area (Å²) in [5.41, 5.74) is 0.0861. The molecule has 19 heavy (non-hydrogen) atoms. The molecule has 0 amide bonds. The minimum atomic E-state index is -0.675. The van der Waals surface area contributed by atoms with Gasteiger partial charge in [-0.25, -0.2) is 0 Å². The van der Waals surface area contributed by atoms with E-state index in [-0.39, 0.29) is 16.7 Å². The van der Waals surface area contributed by atoms with Crippen LogP contribution >= 0.6 is 23.1 Å². The molecule has 108 valence electrons. The van der Waals surface area contributed by atoms with E-state index in [2.05, 4.69) is 6.92 Å². The Morgan fingerprint density at radius 1 is 1.63 bits per heavy atom. The third kappa shape index (κ3) is 3.84. The van der Waals surface area contributed by atoms with Crippen LogP contribution in [-0.4, -0.2) is 35.1 Å². The van der Waals surface area contributed by atoms with Crippen molar-refractivity contribution >= 4 is 33.8 Å². The second-order valence-electron chi connectivity index (χ2n) is 4.40. The molecule has 1 aromatic heterocycles. The van der Waals surface area contributed by atoms with Gasteiger partial charge in [0.2, 0.25) is 0 Å². The van der Waals surface area contributed by atoms with E-state index < -0.39 is 6.10 Å². The van der Waals surface area contributed by atoms with Gasteiger partial charge in [-0.1, -0.05) is 6.92 Å². The fraction of sp³-hybridized carbons (Fsp3) is 0.667. The van der Waals surface area contributed by atoms with Crippen LogP contribution in [0, 0.1) is 10.1 Å². The van der Waals surface area contributed by atoms with Gasteiger partial charge in [0.1, 0.15) is 0 Å². The summed E-state index contributed by atoms with van der Waals surface area (Å²) in [6.07, 6.45) is 2.28. The lowest BCUT2D eigenvalue weighted by molar-refractivity contribution is -0.383. The number of aliphatic hydroxyl groups excluding tert-OH is 1. The maximum absolute atomic E-state index is 11.1. The minimum Gasteiger partial charge on any atom is -0.388 e. The first-order chi connectivity index (χ1) is 8.92. The normalized spacial score (nSPS) is 14.2. The summed E-state index contributed by atoms with van der Waals surface area (Å²) in [6, 6.07) is 1.74. The monoisotopic (exact) mass is 304 g/mol. The van der Waals surface area contributed by atoms with E-state index >= 15 is 0 Å². The van der Waals surface area contributed by atoms with E-state index in [9.17, 15) is 15.2 Å². The van der Waals surface area contributed by atoms with Gasteiger partial charge in [0.25, 0.3) is 0 Å². The van der Waals surface area contributed by atoms with Gasteiger partial charge in [-0.05, 0) is 19.6 Å². The van der Waals surface area contributed by atoms with Crippen molar-refractivity contribution in [3.05, 3.63) is 21.1 Å². The molecule has 0 fully saturated rings. The van der Waals surface area contributed by atoms with Gasteiger partial charge in [-0.3, -0.25) is 10.1 Å². The number of thioether (sulfide) groups is 1. The molecule has 0 saturated carbocycles. The van der Waals surface area contributed by atoms with Crippen molar-refractivity contribution in [1.29, 1.82) is 0 Å². The molecule has 0 bridgehead atoms. The molecule has 0 aliphatic carbocycles. The van der Waals surface area contributed by atoms with Crippen LogP contribution in [0.5, 0.6) is 0 Å². The molecule has 0 radical (unpaired) electrons. The fourth-order valence-electron chi connectivity index (χ4n) is 1.84. The van der Waals surface area contributed by atoms with E-state index in [0.29, 0.717) is 9.88 Å². The molecule has 1 heterocycles. The van der Waals surface area contributed by atoms with Crippen LogP contribution in [0.1, 0.15) is 31.2 Å². The van der Waals surface area contributed by atoms with Gasteiger partial charge in [0.15, 0.2) is 5.00 Å². The third-order valence-corrected chi connectivity index (χ3v) is 5.12. The Labute approximate surface area is 121 Å². The van der Waals surface area contributed by atoms with E-state index in [1.807, 2.05) is 18.2 Å². The summed E-state index contributed by atoms with van der Waals surface area (Å²) in [7, 11) is 1.88. The molecule has 0 aliphatic rings. The van der Waals surface area contributed by atoms with Crippen LogP contribution in [0.4, 0.5) is 10.7 Å². The van der Waals surface area contributed by atoms with Crippen LogP contribution in [0.2, 0.25) is 0 Å². The highest BCUT2D eigenvalue weighted by Gasteiger charge is 2.26. The van der Waals surface area contributed by atoms with Crippen molar-refractivity contribution < 1.29 is 10.0 Å². The lowest BCUT2D eigenvalue weighted by Gasteiger charge is -2.26. The fourth-order valence-corrected chi connectivity index (χ4v) is 3.78. The Morgan fingerprint density at radius 3 is 2.68 bits per heavy atom. The maximum Gasteiger partial charge on any atom is 0.304 e. The second kappa shape index (κ2) is 7.12. The molecule has 2 atom stereocenters. The van der Waals surface area contributed by atoms with Crippen LogP contribution in [0.15, 0.2) is 6.07 Å². The first kappa shape index (κ1) is 16.3. The standard InChI is InChI=1S/C12H20N2O3S2/c1-5-9(7-18-4)13(3)12-10(14(16)17)6-11(19-12)8(2)15/h6,8-9,15H,5,7H2,1-4H3. The Balaban J connectivity index is 3.12. The molecule has 1 aromatic rings. The lowest BCUT2D eigenvalue weighted by Crippen LogP contribution is -2.32. The summed E-state index contributed by atoms with van der Waals surface area (Å²) in [5, 5.41) is 21.3. The SMILES string of the molecule is CCC(CSC)N(C)c1sc(C(C)O)cc1[N+](=O)[O-]. The smallest absolute Gasteiger partial charge is 0.304 e. The molecule has 0 aromatic carbocycles. The van der Waals surface area contributed by atoms with Crippen molar-refractivity contribution in [3.8, 4) is 0 Å². The average Bonchev–Trinajstić information content (AvgIpc) is 2.80. The molecule has 7 heteroatoms. The highest BCUT2D eigenvalue weighted by Crippen LogP contribution is 2.40. The summed E-state index contributed by atoms with van der Waals surface area (Å²) in [5.74, 6) is 0.923. The van der Waals surface area contributed by atoms with Crippen molar-refractivity contribution in [2.45, 2.75) is 32.4 Å². The summed E-state index contributed by atoms with van der Waals surface area (Å²) in [4.78, 5) is 13.4. The summed E-state index contributed by atoms with van der Waals surface area (Å²) in [6.45, 7) is 3.70. The zero-order chi connectivity index (χ0) is 14.6. The number of thiophene rings is 1. The predicted octanol–water partition coefficient (Wildman–Crippen LogP) is 3.29. The zero-order valence-electron chi connectivity index (χ0n) is 11.6.